The fourth-order valence-electron chi connectivity index (χ4n) is 1.51. The zero-order chi connectivity index (χ0) is 16.0. The van der Waals surface area contributed by atoms with Crippen LogP contribution in [0.5, 0.6) is 0 Å². The zero-order valence-electron chi connectivity index (χ0n) is 13.0. The Kier molecular flexibility index (Phi) is 6.26. The lowest BCUT2D eigenvalue weighted by molar-refractivity contribution is 0.0925. The summed E-state index contributed by atoms with van der Waals surface area (Å²) in [6.07, 6.45) is 0. The van der Waals surface area contributed by atoms with E-state index in [1.165, 1.54) is 0 Å². The lowest BCUT2D eigenvalue weighted by atomic mass is 9.81. The summed E-state index contributed by atoms with van der Waals surface area (Å²) < 4.78 is 0. The number of halogens is 1. The molecule has 1 amide bonds. The Bertz CT molecular complexity index is 568. The zero-order valence-corrected chi connectivity index (χ0v) is 13.7. The van der Waals surface area contributed by atoms with Crippen molar-refractivity contribution in [3.05, 3.63) is 34.3 Å². The van der Waals surface area contributed by atoms with Gasteiger partial charge in [-0.05, 0) is 29.5 Å². The van der Waals surface area contributed by atoms with E-state index in [-0.39, 0.29) is 17.9 Å². The van der Waals surface area contributed by atoms with Gasteiger partial charge in [0.2, 0.25) is 0 Å². The molecule has 0 atom stereocenters. The number of carbonyl (C=O) groups excluding carboxylic acids is 1. The highest BCUT2D eigenvalue weighted by Crippen LogP contribution is 2.25. The van der Waals surface area contributed by atoms with Crippen LogP contribution in [0.15, 0.2) is 18.2 Å². The fraction of sp³-hybridized carbons (Fsp3) is 0.471. The molecule has 0 unspecified atom stereocenters. The van der Waals surface area contributed by atoms with Crippen LogP contribution >= 0.6 is 11.6 Å². The highest BCUT2D eigenvalue weighted by Gasteiger charge is 2.23. The molecule has 0 fully saturated rings. The molecule has 1 aromatic rings. The Morgan fingerprint density at radius 1 is 1.43 bits per heavy atom. The van der Waals surface area contributed by atoms with E-state index in [1.54, 1.807) is 18.2 Å². The molecule has 114 valence electrons. The Morgan fingerprint density at radius 2 is 2.10 bits per heavy atom. The fourth-order valence-corrected chi connectivity index (χ4v) is 1.73. The second kappa shape index (κ2) is 7.49. The molecule has 21 heavy (non-hydrogen) atoms. The number of carbonyl (C=O) groups is 1. The van der Waals surface area contributed by atoms with E-state index < -0.39 is 0 Å². The maximum absolute atomic E-state index is 12.1. The summed E-state index contributed by atoms with van der Waals surface area (Å²) >= 11 is 6.09. The molecule has 0 aliphatic carbocycles. The van der Waals surface area contributed by atoms with E-state index in [9.17, 15) is 4.79 Å². The van der Waals surface area contributed by atoms with E-state index in [0.717, 1.165) is 0 Å². The number of aliphatic hydroxyl groups excluding tert-OH is 1. The Balaban J connectivity index is 2.78. The van der Waals surface area contributed by atoms with Crippen LogP contribution in [0, 0.1) is 23.2 Å². The molecule has 2 N–H and O–H groups in total. The van der Waals surface area contributed by atoms with Gasteiger partial charge in [-0.15, -0.1) is 0 Å². The van der Waals surface area contributed by atoms with Gasteiger partial charge in [-0.2, -0.15) is 0 Å². The van der Waals surface area contributed by atoms with Gasteiger partial charge in [0.1, 0.15) is 6.61 Å². The average Bonchev–Trinajstić information content (AvgIpc) is 2.43. The number of nitrogens with one attached hydrogen (secondary N) is 1. The van der Waals surface area contributed by atoms with Crippen LogP contribution in [-0.2, 0) is 0 Å². The third kappa shape index (κ3) is 5.08. The highest BCUT2D eigenvalue weighted by atomic mass is 35.5. The molecule has 3 nitrogen and oxygen atoms in total. The predicted molar refractivity (Wildman–Crippen MR) is 86.4 cm³/mol. The molecule has 0 heterocycles. The Morgan fingerprint density at radius 3 is 2.62 bits per heavy atom. The normalized spacial score (nSPS) is 11.0. The van der Waals surface area contributed by atoms with Gasteiger partial charge in [0, 0.05) is 17.7 Å². The quantitative estimate of drug-likeness (QED) is 0.840. The molecule has 1 rings (SSSR count). The molecule has 0 bridgehead atoms. The number of benzene rings is 1. The number of amides is 1. The topological polar surface area (TPSA) is 49.3 Å². The summed E-state index contributed by atoms with van der Waals surface area (Å²) in [5.41, 5.74) is 1.14. The molecule has 0 saturated heterocycles. The first-order chi connectivity index (χ1) is 9.77. The van der Waals surface area contributed by atoms with Gasteiger partial charge in [0.25, 0.3) is 5.91 Å². The summed E-state index contributed by atoms with van der Waals surface area (Å²) in [5.74, 6) is 5.59. The molecule has 1 aromatic carbocycles. The monoisotopic (exact) mass is 307 g/mol. The van der Waals surface area contributed by atoms with Crippen LogP contribution in [0.4, 0.5) is 0 Å². The second-order valence-corrected chi connectivity index (χ2v) is 6.39. The number of rotatable bonds is 4. The lowest BCUT2D eigenvalue weighted by Gasteiger charge is -2.29. The summed E-state index contributed by atoms with van der Waals surface area (Å²) in [4.78, 5) is 12.1. The van der Waals surface area contributed by atoms with Crippen LogP contribution in [-0.4, -0.2) is 24.2 Å². The molecule has 4 heteroatoms. The van der Waals surface area contributed by atoms with E-state index >= 15 is 0 Å². The maximum Gasteiger partial charge on any atom is 0.251 e. The van der Waals surface area contributed by atoms with Gasteiger partial charge in [0.15, 0.2) is 0 Å². The minimum atomic E-state index is -0.219. The summed E-state index contributed by atoms with van der Waals surface area (Å²) in [5, 5.41) is 12.0. The van der Waals surface area contributed by atoms with Crippen molar-refractivity contribution in [3.63, 3.8) is 0 Å². The van der Waals surface area contributed by atoms with Crippen molar-refractivity contribution in [3.8, 4) is 11.8 Å². The van der Waals surface area contributed by atoms with Gasteiger partial charge in [-0.1, -0.05) is 51.1 Å². The summed E-state index contributed by atoms with van der Waals surface area (Å²) in [7, 11) is 0. The average molecular weight is 308 g/mol. The van der Waals surface area contributed by atoms with Gasteiger partial charge >= 0.3 is 0 Å². The Labute approximate surface area is 131 Å². The van der Waals surface area contributed by atoms with Crippen molar-refractivity contribution in [1.29, 1.82) is 0 Å². The molecule has 0 aliphatic heterocycles. The van der Waals surface area contributed by atoms with Crippen LogP contribution < -0.4 is 5.32 Å². The highest BCUT2D eigenvalue weighted by molar-refractivity contribution is 6.32. The summed E-state index contributed by atoms with van der Waals surface area (Å²) in [6, 6.07) is 4.97. The van der Waals surface area contributed by atoms with Gasteiger partial charge in [-0.25, -0.2) is 0 Å². The van der Waals surface area contributed by atoms with Crippen molar-refractivity contribution in [2.75, 3.05) is 13.2 Å². The van der Waals surface area contributed by atoms with E-state index in [1.807, 2.05) is 0 Å². The van der Waals surface area contributed by atoms with Gasteiger partial charge in [0.05, 0.1) is 5.02 Å². The number of hydrogen-bond acceptors (Lipinski definition) is 2. The number of aliphatic hydroxyl groups is 1. The minimum absolute atomic E-state index is 0.0337. The Hall–Kier alpha value is -1.50. The first-order valence-corrected chi connectivity index (χ1v) is 7.33. The van der Waals surface area contributed by atoms with E-state index in [0.29, 0.717) is 28.6 Å². The lowest BCUT2D eigenvalue weighted by Crippen LogP contribution is -2.36. The predicted octanol–water partition coefficient (Wildman–Crippen LogP) is 3.10. The largest absolute Gasteiger partial charge is 0.384 e. The second-order valence-electron chi connectivity index (χ2n) is 5.98. The van der Waals surface area contributed by atoms with Crippen molar-refractivity contribution >= 4 is 17.5 Å². The van der Waals surface area contributed by atoms with Crippen molar-refractivity contribution in [1.82, 2.24) is 5.32 Å². The first-order valence-electron chi connectivity index (χ1n) is 6.95. The van der Waals surface area contributed by atoms with Crippen LogP contribution in [0.1, 0.15) is 43.6 Å². The molecule has 0 aliphatic rings. The third-order valence-corrected chi connectivity index (χ3v) is 4.11. The smallest absolute Gasteiger partial charge is 0.251 e. The molecule has 0 saturated carbocycles. The van der Waals surface area contributed by atoms with Gasteiger partial charge < -0.3 is 10.4 Å². The summed E-state index contributed by atoms with van der Waals surface area (Å²) in [6.45, 7) is 8.91. The van der Waals surface area contributed by atoms with Crippen LogP contribution in [0.3, 0.4) is 0 Å². The van der Waals surface area contributed by atoms with Crippen LogP contribution in [0.25, 0.3) is 0 Å². The van der Waals surface area contributed by atoms with E-state index in [4.69, 9.17) is 16.7 Å². The molecule has 0 spiro atoms. The maximum atomic E-state index is 12.1. The van der Waals surface area contributed by atoms with Crippen LogP contribution in [0.2, 0.25) is 5.02 Å². The number of hydrogen-bond donors (Lipinski definition) is 2. The molecular weight excluding hydrogens is 286 g/mol. The van der Waals surface area contributed by atoms with Crippen molar-refractivity contribution in [2.24, 2.45) is 11.3 Å². The van der Waals surface area contributed by atoms with Crippen molar-refractivity contribution in [2.45, 2.75) is 27.7 Å². The van der Waals surface area contributed by atoms with E-state index in [2.05, 4.69) is 44.9 Å². The molecular formula is C17H22ClNO2. The van der Waals surface area contributed by atoms with Crippen molar-refractivity contribution < 1.29 is 9.90 Å². The minimum Gasteiger partial charge on any atom is -0.384 e. The molecule has 0 aromatic heterocycles. The SMILES string of the molecule is CC(C)C(C)(C)CNC(=O)c1ccc(C#CCO)c(Cl)c1. The first kappa shape index (κ1) is 17.6. The third-order valence-electron chi connectivity index (χ3n) is 3.80. The van der Waals surface area contributed by atoms with Gasteiger partial charge in [-0.3, -0.25) is 4.79 Å². The standard InChI is InChI=1S/C17H22ClNO2/c1-12(2)17(3,4)11-19-16(21)14-8-7-13(6-5-9-20)15(18)10-14/h7-8,10,12,20H,9,11H2,1-4H3,(H,19,21). The molecule has 0 radical (unpaired) electrons.